The lowest BCUT2D eigenvalue weighted by molar-refractivity contribution is 0.101. The molecule has 1 aromatic heterocycles. The number of hydrogen-bond acceptors (Lipinski definition) is 5. The number of ether oxygens (including phenoxy) is 1. The van der Waals surface area contributed by atoms with Gasteiger partial charge in [-0.25, -0.2) is 0 Å². The number of hydrogen-bond donors (Lipinski definition) is 2. The number of carbonyl (C=O) groups is 1. The summed E-state index contributed by atoms with van der Waals surface area (Å²) in [4.78, 5) is 25.1. The molecule has 7 heteroatoms. The van der Waals surface area contributed by atoms with E-state index in [1.807, 2.05) is 32.0 Å². The minimum atomic E-state index is -0.616. The molecule has 0 aliphatic heterocycles. The van der Waals surface area contributed by atoms with E-state index in [2.05, 4.69) is 10.4 Å². The van der Waals surface area contributed by atoms with Gasteiger partial charge in [0.1, 0.15) is 11.4 Å². The first-order chi connectivity index (χ1) is 13.4. The summed E-state index contributed by atoms with van der Waals surface area (Å²) in [6.45, 7) is 4.03. The van der Waals surface area contributed by atoms with Crippen molar-refractivity contribution in [1.82, 2.24) is 9.78 Å². The normalized spacial score (nSPS) is 10.7. The van der Waals surface area contributed by atoms with Crippen LogP contribution in [0.3, 0.4) is 0 Å². The molecule has 2 aromatic carbocycles. The van der Waals surface area contributed by atoms with Crippen molar-refractivity contribution in [2.45, 2.75) is 19.8 Å². The van der Waals surface area contributed by atoms with Crippen LogP contribution in [0.25, 0.3) is 5.69 Å². The molecule has 0 aliphatic rings. The van der Waals surface area contributed by atoms with Crippen molar-refractivity contribution in [2.75, 3.05) is 12.4 Å². The monoisotopic (exact) mass is 379 g/mol. The van der Waals surface area contributed by atoms with Gasteiger partial charge in [-0.15, -0.1) is 0 Å². The van der Waals surface area contributed by atoms with Crippen LogP contribution < -0.4 is 15.6 Å². The first-order valence-corrected chi connectivity index (χ1v) is 8.79. The van der Waals surface area contributed by atoms with E-state index >= 15 is 0 Å². The topological polar surface area (TPSA) is 93.5 Å². The Kier molecular flexibility index (Phi) is 5.44. The summed E-state index contributed by atoms with van der Waals surface area (Å²) >= 11 is 0. The second kappa shape index (κ2) is 7.96. The number of aromatic hydroxyl groups is 1. The Balaban J connectivity index is 2.04. The quantitative estimate of drug-likeness (QED) is 0.709. The third-order valence-corrected chi connectivity index (χ3v) is 4.27. The van der Waals surface area contributed by atoms with Crippen LogP contribution in [0.5, 0.6) is 11.5 Å². The minimum absolute atomic E-state index is 0.195. The third-order valence-electron chi connectivity index (χ3n) is 4.27. The van der Waals surface area contributed by atoms with Crippen molar-refractivity contribution in [3.05, 3.63) is 76.2 Å². The summed E-state index contributed by atoms with van der Waals surface area (Å²) in [5.41, 5.74) is 1.10. The molecule has 0 saturated carbocycles. The average molecular weight is 379 g/mol. The number of amides is 1. The summed E-state index contributed by atoms with van der Waals surface area (Å²) in [5.74, 6) is -0.496. The van der Waals surface area contributed by atoms with Crippen LogP contribution >= 0.6 is 0 Å². The average Bonchev–Trinajstić information content (AvgIpc) is 2.68. The van der Waals surface area contributed by atoms with E-state index in [1.54, 1.807) is 30.3 Å². The molecule has 28 heavy (non-hydrogen) atoms. The highest BCUT2D eigenvalue weighted by molar-refractivity contribution is 6.04. The first-order valence-electron chi connectivity index (χ1n) is 8.79. The number of nitrogens with one attached hydrogen (secondary N) is 1. The van der Waals surface area contributed by atoms with Crippen molar-refractivity contribution in [1.29, 1.82) is 0 Å². The Hall–Kier alpha value is -3.61. The fourth-order valence-corrected chi connectivity index (χ4v) is 2.88. The van der Waals surface area contributed by atoms with Crippen molar-refractivity contribution in [3.63, 3.8) is 0 Å². The molecule has 3 aromatic rings. The Morgan fingerprint density at radius 3 is 2.54 bits per heavy atom. The van der Waals surface area contributed by atoms with Gasteiger partial charge in [0.2, 0.25) is 0 Å². The Bertz CT molecular complexity index is 1070. The van der Waals surface area contributed by atoms with Crippen molar-refractivity contribution in [2.24, 2.45) is 0 Å². The van der Waals surface area contributed by atoms with Gasteiger partial charge < -0.3 is 15.2 Å². The predicted octanol–water partition coefficient (Wildman–Crippen LogP) is 3.32. The zero-order valence-corrected chi connectivity index (χ0v) is 15.8. The van der Waals surface area contributed by atoms with Crippen LogP contribution in [0.1, 0.15) is 35.8 Å². The molecule has 7 nitrogen and oxygen atoms in total. The third kappa shape index (κ3) is 3.73. The summed E-state index contributed by atoms with van der Waals surface area (Å²) in [6.07, 6.45) is 0. The number of anilines is 1. The fraction of sp³-hybridized carbons (Fsp3) is 0.190. The van der Waals surface area contributed by atoms with Gasteiger partial charge in [-0.3, -0.25) is 9.59 Å². The van der Waals surface area contributed by atoms with Gasteiger partial charge in [-0.2, -0.15) is 9.78 Å². The zero-order valence-electron chi connectivity index (χ0n) is 15.8. The molecule has 2 N–H and O–H groups in total. The zero-order chi connectivity index (χ0) is 20.3. The predicted molar refractivity (Wildman–Crippen MR) is 107 cm³/mol. The molecule has 0 unspecified atom stereocenters. The van der Waals surface area contributed by atoms with E-state index in [9.17, 15) is 14.7 Å². The van der Waals surface area contributed by atoms with E-state index < -0.39 is 17.2 Å². The maximum absolute atomic E-state index is 12.8. The van der Waals surface area contributed by atoms with E-state index in [4.69, 9.17) is 4.74 Å². The lowest BCUT2D eigenvalue weighted by Gasteiger charge is -2.15. The molecule has 0 radical (unpaired) electrons. The minimum Gasteiger partial charge on any atom is -0.505 e. The lowest BCUT2D eigenvalue weighted by atomic mass is 10.0. The number of para-hydroxylation sites is 3. The van der Waals surface area contributed by atoms with Crippen LogP contribution in [0.15, 0.2) is 59.4 Å². The summed E-state index contributed by atoms with van der Waals surface area (Å²) < 4.78 is 6.29. The smallest absolute Gasteiger partial charge is 0.279 e. The van der Waals surface area contributed by atoms with Gasteiger partial charge in [-0.1, -0.05) is 44.2 Å². The van der Waals surface area contributed by atoms with Crippen LogP contribution in [0.4, 0.5) is 5.69 Å². The first kappa shape index (κ1) is 19.2. The van der Waals surface area contributed by atoms with Crippen LogP contribution in [0.2, 0.25) is 0 Å². The summed E-state index contributed by atoms with van der Waals surface area (Å²) in [5, 5.41) is 17.0. The second-order valence-corrected chi connectivity index (χ2v) is 6.50. The lowest BCUT2D eigenvalue weighted by Crippen LogP contribution is -2.25. The Morgan fingerprint density at radius 1 is 1.14 bits per heavy atom. The fourth-order valence-electron chi connectivity index (χ4n) is 2.88. The summed E-state index contributed by atoms with van der Waals surface area (Å²) in [6, 6.07) is 15.1. The maximum atomic E-state index is 12.8. The summed E-state index contributed by atoms with van der Waals surface area (Å²) in [7, 11) is 1.47. The SMILES string of the molecule is COc1ccccc1-n1nc(C(=O)Nc2ccccc2C(C)C)c(O)cc1=O. The number of carbonyl (C=O) groups excluding carboxylic acids is 1. The highest BCUT2D eigenvalue weighted by Crippen LogP contribution is 2.25. The molecule has 0 saturated heterocycles. The molecule has 1 amide bonds. The van der Waals surface area contributed by atoms with Gasteiger partial charge in [0.15, 0.2) is 11.4 Å². The van der Waals surface area contributed by atoms with E-state index in [1.165, 1.54) is 7.11 Å². The van der Waals surface area contributed by atoms with Crippen LogP contribution in [-0.2, 0) is 0 Å². The molecule has 0 spiro atoms. The highest BCUT2D eigenvalue weighted by atomic mass is 16.5. The molecule has 0 atom stereocenters. The van der Waals surface area contributed by atoms with Crippen LogP contribution in [-0.4, -0.2) is 27.9 Å². The number of benzene rings is 2. The number of nitrogens with zero attached hydrogens (tertiary/aromatic N) is 2. The highest BCUT2D eigenvalue weighted by Gasteiger charge is 2.19. The molecular formula is C21H21N3O4. The molecule has 1 heterocycles. The van der Waals surface area contributed by atoms with E-state index in [0.717, 1.165) is 16.3 Å². The van der Waals surface area contributed by atoms with Gasteiger partial charge in [0.25, 0.3) is 11.5 Å². The Morgan fingerprint density at radius 2 is 1.82 bits per heavy atom. The van der Waals surface area contributed by atoms with E-state index in [0.29, 0.717) is 17.1 Å². The van der Waals surface area contributed by atoms with Crippen molar-refractivity contribution < 1.29 is 14.6 Å². The molecule has 3 rings (SSSR count). The van der Waals surface area contributed by atoms with E-state index in [-0.39, 0.29) is 11.6 Å². The maximum Gasteiger partial charge on any atom is 0.279 e. The largest absolute Gasteiger partial charge is 0.505 e. The van der Waals surface area contributed by atoms with Gasteiger partial charge in [-0.05, 0) is 29.7 Å². The standard InChI is InChI=1S/C21H21N3O4/c1-13(2)14-8-4-5-9-15(14)22-21(27)20-17(25)12-19(26)24(23-20)16-10-6-7-11-18(16)28-3/h4-13,25H,1-3H3,(H,22,27). The van der Waals surface area contributed by atoms with Crippen LogP contribution in [0, 0.1) is 0 Å². The van der Waals surface area contributed by atoms with Gasteiger partial charge in [0, 0.05) is 11.8 Å². The number of aromatic nitrogens is 2. The van der Waals surface area contributed by atoms with Crippen molar-refractivity contribution in [3.8, 4) is 17.2 Å². The molecule has 0 fully saturated rings. The number of methoxy groups -OCH3 is 1. The second-order valence-electron chi connectivity index (χ2n) is 6.50. The molecule has 144 valence electrons. The molecule has 0 aliphatic carbocycles. The Labute approximate surface area is 162 Å². The molecular weight excluding hydrogens is 358 g/mol. The van der Waals surface area contributed by atoms with Gasteiger partial charge >= 0.3 is 0 Å². The molecule has 0 bridgehead atoms. The van der Waals surface area contributed by atoms with Crippen molar-refractivity contribution >= 4 is 11.6 Å². The number of rotatable bonds is 5. The van der Waals surface area contributed by atoms with Gasteiger partial charge in [0.05, 0.1) is 7.11 Å².